The van der Waals surface area contributed by atoms with Gasteiger partial charge in [-0.25, -0.2) is 0 Å². The molecule has 0 N–H and O–H groups in total. The molecule has 0 aliphatic heterocycles. The average Bonchev–Trinajstić information content (AvgIpc) is 3.36. The van der Waals surface area contributed by atoms with Crippen LogP contribution in [0.1, 0.15) is 0 Å². The number of nitrogens with zero attached hydrogens (tertiary/aromatic N) is 7. The van der Waals surface area contributed by atoms with Crippen molar-refractivity contribution in [2.45, 2.75) is 0 Å². The molecule has 0 fully saturated rings. The summed E-state index contributed by atoms with van der Waals surface area (Å²) in [5, 5.41) is 4.94. The summed E-state index contributed by atoms with van der Waals surface area (Å²) in [6, 6.07) is 49.3. The van der Waals surface area contributed by atoms with E-state index in [1.54, 1.807) is 24.4 Å². The van der Waals surface area contributed by atoms with Crippen molar-refractivity contribution in [2.24, 2.45) is 0 Å². The molecule has 0 spiro atoms. The predicted octanol–water partition coefficient (Wildman–Crippen LogP) is 11.5. The second-order valence-electron chi connectivity index (χ2n) is 20.7. The molecule has 0 saturated carbocycles. The summed E-state index contributed by atoms with van der Waals surface area (Å²) in [6.07, 6.45) is 10.9. The van der Waals surface area contributed by atoms with Crippen molar-refractivity contribution in [3.63, 3.8) is 0 Å². The van der Waals surface area contributed by atoms with E-state index in [0.29, 0.717) is 120 Å². The van der Waals surface area contributed by atoms with Gasteiger partial charge in [0, 0.05) is 81.3 Å². The van der Waals surface area contributed by atoms with Gasteiger partial charge in [-0.05, 0) is 137 Å². The van der Waals surface area contributed by atoms with Gasteiger partial charge in [-0.1, -0.05) is 54.6 Å². The minimum Gasteiger partial charge on any atom is -0.307 e. The van der Waals surface area contributed by atoms with Gasteiger partial charge in [-0.3, -0.25) is 48.7 Å². The molecular weight excluding hydrogens is 1010 g/mol. The van der Waals surface area contributed by atoms with Crippen molar-refractivity contribution in [1.82, 2.24) is 33.1 Å². The summed E-state index contributed by atoms with van der Waals surface area (Å²) in [7, 11) is 0. The Morgan fingerprint density at radius 2 is 0.543 bits per heavy atom. The number of rotatable bonds is 4. The quantitative estimate of drug-likeness (QED) is 0.122. The van der Waals surface area contributed by atoms with Crippen LogP contribution in [-0.4, -0.2) is 33.1 Å². The van der Waals surface area contributed by atoms with E-state index in [1.165, 1.54) is 37.2 Å². The molecule has 0 atom stereocenters. The fourth-order valence-corrected chi connectivity index (χ4v) is 12.8. The third-order valence-electron chi connectivity index (χ3n) is 16.5. The Labute approximate surface area is 452 Å². The van der Waals surface area contributed by atoms with Crippen LogP contribution in [0.25, 0.3) is 159 Å². The molecule has 376 valence electrons. The molecule has 17 aromatic rings. The Bertz CT molecular complexity index is 5900. The summed E-state index contributed by atoms with van der Waals surface area (Å²) >= 11 is 0. The van der Waals surface area contributed by atoms with Gasteiger partial charge in [0.25, 0.3) is 0 Å². The number of pyridine rings is 10. The molecule has 0 aliphatic carbocycles. The molecule has 10 aromatic heterocycles. The van der Waals surface area contributed by atoms with E-state index in [9.17, 15) is 28.8 Å². The predicted molar refractivity (Wildman–Crippen MR) is 321 cm³/mol. The summed E-state index contributed by atoms with van der Waals surface area (Å²) in [4.78, 5) is 103. The lowest BCUT2D eigenvalue weighted by Gasteiger charge is -2.16. The Balaban J connectivity index is 0.893. The molecule has 0 aliphatic rings. The molecular formula is C68H33N7O6. The largest absolute Gasteiger partial charge is 0.307 e. The van der Waals surface area contributed by atoms with Crippen LogP contribution in [0, 0.1) is 0 Å². The lowest BCUT2D eigenvalue weighted by atomic mass is 9.92. The van der Waals surface area contributed by atoms with Crippen LogP contribution in [-0.2, 0) is 0 Å². The molecule has 13 heteroatoms. The number of para-hydroxylation sites is 3. The van der Waals surface area contributed by atoms with Crippen molar-refractivity contribution >= 4 is 114 Å². The minimum absolute atomic E-state index is 0.182. The van der Waals surface area contributed by atoms with Gasteiger partial charge in [0.2, 0.25) is 0 Å². The third-order valence-corrected chi connectivity index (χ3v) is 16.5. The summed E-state index contributed by atoms with van der Waals surface area (Å²) in [6.45, 7) is 0. The van der Waals surface area contributed by atoms with Gasteiger partial charge >= 0.3 is 0 Å². The molecule has 10 heterocycles. The van der Waals surface area contributed by atoms with E-state index in [4.69, 9.17) is 4.98 Å². The zero-order valence-corrected chi connectivity index (χ0v) is 42.1. The smallest absolute Gasteiger partial charge is 0.198 e. The van der Waals surface area contributed by atoms with Crippen LogP contribution in [0.5, 0.6) is 0 Å². The van der Waals surface area contributed by atoms with Gasteiger partial charge < -0.3 is 13.2 Å². The highest BCUT2D eigenvalue weighted by atomic mass is 16.1. The van der Waals surface area contributed by atoms with Gasteiger partial charge in [-0.15, -0.1) is 0 Å². The number of fused-ring (bicyclic) bond motifs is 12. The van der Waals surface area contributed by atoms with E-state index in [-0.39, 0.29) is 32.6 Å². The Hall–Kier alpha value is -11.4. The molecule has 0 unspecified atom stereocenters. The highest BCUT2D eigenvalue weighted by Crippen LogP contribution is 2.38. The van der Waals surface area contributed by atoms with Gasteiger partial charge in [0.15, 0.2) is 32.6 Å². The van der Waals surface area contributed by atoms with E-state index >= 15 is 0 Å². The molecule has 0 bridgehead atoms. The van der Waals surface area contributed by atoms with Crippen molar-refractivity contribution in [3.8, 4) is 44.6 Å². The molecule has 81 heavy (non-hydrogen) atoms. The Morgan fingerprint density at radius 1 is 0.247 bits per heavy atom. The third kappa shape index (κ3) is 6.02. The lowest BCUT2D eigenvalue weighted by molar-refractivity contribution is 1.28. The standard InChI is InChI=1S/C68H33N7O6/c76-63-41-7-1-4-10-54(41)73-57-16-13-34(24-44(57)66(79)50-31-69-28-47(63)60(50)73)37-19-20-72-53(27-37)40-22-38(35-14-17-58-45(25-35)67(80)51-32-70-29-48-61(51)74(58)55-11-5-2-8-42(55)64(48)77)21-39(23-40)36-15-18-59-46(26-36)68(81)52-33-71-30-49-62(52)75(59)56-12-6-3-9-43(56)65(49)78/h1-33H. The summed E-state index contributed by atoms with van der Waals surface area (Å²) in [5.41, 5.74) is 9.95. The van der Waals surface area contributed by atoms with Crippen LogP contribution in [0.2, 0.25) is 0 Å². The number of hydrogen-bond acceptors (Lipinski definition) is 10. The SMILES string of the molecule is O=c1c2ccccc2n2c3ccc(-c4cc(-c5ccc6c(c5)c(=O)c5cncc7c(=O)c8ccccc8n6c75)cc(-c5cc(-c6ccc7c(c6)c(=O)c6cncc8c(=O)c9ccccc9n7c86)ccn5)c4)cc3c(=O)c3cncc1c32. The number of hydrogen-bond donors (Lipinski definition) is 0. The zero-order chi connectivity index (χ0) is 54.1. The number of aromatic nitrogens is 7. The maximum absolute atomic E-state index is 14.7. The molecule has 0 amide bonds. The topological polar surface area (TPSA) is 167 Å². The molecule has 0 radical (unpaired) electrons. The first-order valence-electron chi connectivity index (χ1n) is 26.1. The first-order valence-corrected chi connectivity index (χ1v) is 26.1. The van der Waals surface area contributed by atoms with Crippen molar-refractivity contribution in [2.75, 3.05) is 0 Å². The van der Waals surface area contributed by atoms with Crippen LogP contribution in [0.4, 0.5) is 0 Å². The van der Waals surface area contributed by atoms with Crippen LogP contribution >= 0.6 is 0 Å². The van der Waals surface area contributed by atoms with Gasteiger partial charge in [0.1, 0.15) is 0 Å². The highest BCUT2D eigenvalue weighted by molar-refractivity contribution is 6.11. The van der Waals surface area contributed by atoms with Crippen LogP contribution < -0.4 is 32.6 Å². The molecule has 17 rings (SSSR count). The average molecular weight is 1040 g/mol. The lowest BCUT2D eigenvalue weighted by Crippen LogP contribution is -2.14. The maximum Gasteiger partial charge on any atom is 0.198 e. The van der Waals surface area contributed by atoms with Gasteiger partial charge in [0.05, 0.1) is 87.7 Å². The van der Waals surface area contributed by atoms with Crippen LogP contribution in [0.3, 0.4) is 0 Å². The van der Waals surface area contributed by atoms with Crippen molar-refractivity contribution < 1.29 is 0 Å². The fourth-order valence-electron chi connectivity index (χ4n) is 12.8. The zero-order valence-electron chi connectivity index (χ0n) is 42.1. The van der Waals surface area contributed by atoms with Crippen LogP contribution in [0.15, 0.2) is 230 Å². The summed E-state index contributed by atoms with van der Waals surface area (Å²) < 4.78 is 5.94. The number of benzene rings is 7. The normalized spacial score (nSPS) is 12.2. The highest BCUT2D eigenvalue weighted by Gasteiger charge is 2.23. The van der Waals surface area contributed by atoms with Crippen molar-refractivity contribution in [1.29, 1.82) is 0 Å². The van der Waals surface area contributed by atoms with E-state index in [0.717, 1.165) is 38.9 Å². The monoisotopic (exact) mass is 1040 g/mol. The first kappa shape index (κ1) is 44.7. The van der Waals surface area contributed by atoms with Crippen molar-refractivity contribution in [3.05, 3.63) is 262 Å². The Morgan fingerprint density at radius 3 is 0.914 bits per heavy atom. The molecule has 0 saturated heterocycles. The fraction of sp³-hybridized carbons (Fsp3) is 0. The van der Waals surface area contributed by atoms with E-state index < -0.39 is 0 Å². The molecule has 7 aromatic carbocycles. The second-order valence-corrected chi connectivity index (χ2v) is 20.7. The summed E-state index contributed by atoms with van der Waals surface area (Å²) in [5.74, 6) is 0. The van der Waals surface area contributed by atoms with Gasteiger partial charge in [-0.2, -0.15) is 0 Å². The Kier molecular flexibility index (Phi) is 8.86. The molecule has 13 nitrogen and oxygen atoms in total. The maximum atomic E-state index is 14.7. The first-order chi connectivity index (χ1) is 39.7. The van der Waals surface area contributed by atoms with E-state index in [2.05, 4.69) is 15.0 Å². The van der Waals surface area contributed by atoms with E-state index in [1.807, 2.05) is 153 Å². The second kappa shape index (κ2) is 16.1. The minimum atomic E-state index is -0.265.